The summed E-state index contributed by atoms with van der Waals surface area (Å²) < 4.78 is 38.7. The highest BCUT2D eigenvalue weighted by atomic mass is 32.2. The Morgan fingerprint density at radius 2 is 1.88 bits per heavy atom. The summed E-state index contributed by atoms with van der Waals surface area (Å²) in [6.45, 7) is 2.40. The third kappa shape index (κ3) is 5.27. The van der Waals surface area contributed by atoms with Crippen LogP contribution in [-0.2, 0) is 15.8 Å². The smallest absolute Gasteiger partial charge is 0.354 e. The zero-order valence-corrected chi connectivity index (χ0v) is 18.1. The van der Waals surface area contributed by atoms with Gasteiger partial charge < -0.3 is 10.6 Å². The van der Waals surface area contributed by atoms with Crippen LogP contribution in [0.3, 0.4) is 0 Å². The van der Waals surface area contributed by atoms with Crippen LogP contribution in [0.4, 0.5) is 18.9 Å². The van der Waals surface area contributed by atoms with Gasteiger partial charge in [0, 0.05) is 17.9 Å². The number of nitrogens with zero attached hydrogens (tertiary/aromatic N) is 1. The normalized spacial score (nSPS) is 19.8. The molecule has 2 aromatic rings. The van der Waals surface area contributed by atoms with E-state index in [0.717, 1.165) is 55.4 Å². The Hall–Kier alpha value is -2.52. The van der Waals surface area contributed by atoms with E-state index in [-0.39, 0.29) is 24.1 Å². The fourth-order valence-corrected chi connectivity index (χ4v) is 5.19. The Labute approximate surface area is 188 Å². The molecule has 2 unspecified atom stereocenters. The van der Waals surface area contributed by atoms with Gasteiger partial charge in [-0.15, -0.1) is 11.8 Å². The summed E-state index contributed by atoms with van der Waals surface area (Å²) in [5.41, 5.74) is 0.445. The fraction of sp³-hybridized carbons (Fsp3) is 0.391. The van der Waals surface area contributed by atoms with Crippen molar-refractivity contribution in [2.75, 3.05) is 25.0 Å². The molecule has 1 saturated heterocycles. The summed E-state index contributed by atoms with van der Waals surface area (Å²) in [4.78, 5) is 27.9. The molecule has 1 fully saturated rings. The third-order valence-electron chi connectivity index (χ3n) is 5.76. The molecule has 2 aliphatic heterocycles. The van der Waals surface area contributed by atoms with Crippen LogP contribution in [0.2, 0.25) is 0 Å². The lowest BCUT2D eigenvalue weighted by Gasteiger charge is -2.29. The van der Waals surface area contributed by atoms with Crippen molar-refractivity contribution in [1.29, 1.82) is 0 Å². The number of carbonyl (C=O) groups is 2. The topological polar surface area (TPSA) is 61.4 Å². The molecule has 2 N–H and O–H groups in total. The predicted molar refractivity (Wildman–Crippen MR) is 117 cm³/mol. The highest BCUT2D eigenvalue weighted by Gasteiger charge is 2.34. The molecule has 0 bridgehead atoms. The van der Waals surface area contributed by atoms with Gasteiger partial charge in [0.25, 0.3) is 0 Å². The van der Waals surface area contributed by atoms with E-state index in [0.29, 0.717) is 11.4 Å². The lowest BCUT2D eigenvalue weighted by atomic mass is 10.1. The fourth-order valence-electron chi connectivity index (χ4n) is 4.10. The van der Waals surface area contributed by atoms with Crippen molar-refractivity contribution in [3.8, 4) is 0 Å². The lowest BCUT2D eigenvalue weighted by molar-refractivity contribution is -0.137. The Kier molecular flexibility index (Phi) is 6.76. The Balaban J connectivity index is 1.38. The van der Waals surface area contributed by atoms with Crippen LogP contribution >= 0.6 is 11.8 Å². The number of rotatable bonds is 6. The molecular weight excluding hydrogens is 439 g/mol. The van der Waals surface area contributed by atoms with Crippen LogP contribution in [0.5, 0.6) is 0 Å². The van der Waals surface area contributed by atoms with Crippen molar-refractivity contribution in [2.45, 2.75) is 41.6 Å². The molecule has 4 rings (SSSR count). The molecular formula is C23H24F3N3O2S. The maximum absolute atomic E-state index is 12.9. The first-order valence-corrected chi connectivity index (χ1v) is 11.4. The van der Waals surface area contributed by atoms with Gasteiger partial charge in [-0.25, -0.2) is 0 Å². The van der Waals surface area contributed by atoms with Crippen LogP contribution in [0, 0.1) is 0 Å². The quantitative estimate of drug-likeness (QED) is 0.664. The van der Waals surface area contributed by atoms with Crippen molar-refractivity contribution in [2.24, 2.45) is 0 Å². The molecule has 0 radical (unpaired) electrons. The number of thioether (sulfide) groups is 1. The number of halogens is 3. The number of amides is 2. The van der Waals surface area contributed by atoms with Gasteiger partial charge in [0.15, 0.2) is 0 Å². The van der Waals surface area contributed by atoms with E-state index in [1.807, 2.05) is 30.3 Å². The molecule has 170 valence electrons. The molecule has 9 heteroatoms. The number of benzene rings is 2. The van der Waals surface area contributed by atoms with E-state index in [1.54, 1.807) is 0 Å². The molecule has 0 aliphatic carbocycles. The van der Waals surface area contributed by atoms with Crippen molar-refractivity contribution < 1.29 is 22.8 Å². The average molecular weight is 464 g/mol. The Bertz CT molecular complexity index is 978. The van der Waals surface area contributed by atoms with Crippen molar-refractivity contribution >= 4 is 29.3 Å². The monoisotopic (exact) mass is 463 g/mol. The first kappa shape index (κ1) is 22.7. The lowest BCUT2D eigenvalue weighted by Crippen LogP contribution is -2.39. The summed E-state index contributed by atoms with van der Waals surface area (Å²) in [5, 5.41) is 4.78. The molecule has 32 heavy (non-hydrogen) atoms. The third-order valence-corrected chi connectivity index (χ3v) is 7.03. The highest BCUT2D eigenvalue weighted by molar-refractivity contribution is 8.01. The maximum atomic E-state index is 12.9. The van der Waals surface area contributed by atoms with Gasteiger partial charge in [0.1, 0.15) is 0 Å². The molecule has 2 atom stereocenters. The van der Waals surface area contributed by atoms with Crippen molar-refractivity contribution in [3.63, 3.8) is 0 Å². The van der Waals surface area contributed by atoms with Gasteiger partial charge >= 0.3 is 6.18 Å². The summed E-state index contributed by atoms with van der Waals surface area (Å²) in [6.07, 6.45) is -2.26. The zero-order chi connectivity index (χ0) is 22.7. The molecule has 0 aromatic heterocycles. The number of alkyl halides is 3. The number of hydrogen-bond acceptors (Lipinski definition) is 4. The van der Waals surface area contributed by atoms with Gasteiger partial charge in [0.2, 0.25) is 11.8 Å². The number of fused-ring (bicyclic) bond motifs is 1. The van der Waals surface area contributed by atoms with E-state index in [2.05, 4.69) is 15.5 Å². The van der Waals surface area contributed by atoms with Crippen molar-refractivity contribution in [3.05, 3.63) is 59.7 Å². The van der Waals surface area contributed by atoms with Crippen LogP contribution in [0.15, 0.2) is 53.4 Å². The molecule has 2 amide bonds. The van der Waals surface area contributed by atoms with E-state index < -0.39 is 22.9 Å². The van der Waals surface area contributed by atoms with E-state index >= 15 is 0 Å². The van der Waals surface area contributed by atoms with Crippen LogP contribution < -0.4 is 10.6 Å². The highest BCUT2D eigenvalue weighted by Crippen LogP contribution is 2.40. The molecule has 2 aromatic carbocycles. The average Bonchev–Trinajstić information content (AvgIpc) is 3.29. The van der Waals surface area contributed by atoms with Crippen molar-refractivity contribution in [1.82, 2.24) is 10.2 Å². The largest absolute Gasteiger partial charge is 0.416 e. The number of hydrogen-bond donors (Lipinski definition) is 2. The number of anilines is 1. The second kappa shape index (κ2) is 9.54. The maximum Gasteiger partial charge on any atom is 0.416 e. The van der Waals surface area contributed by atoms with Crippen LogP contribution in [0.1, 0.15) is 36.4 Å². The van der Waals surface area contributed by atoms with E-state index in [1.165, 1.54) is 6.07 Å². The Morgan fingerprint density at radius 1 is 1.16 bits per heavy atom. The van der Waals surface area contributed by atoms with Gasteiger partial charge in [0.05, 0.1) is 22.5 Å². The molecule has 2 aliphatic rings. The zero-order valence-electron chi connectivity index (χ0n) is 17.3. The van der Waals surface area contributed by atoms with Gasteiger partial charge in [-0.05, 0) is 49.7 Å². The molecule has 0 spiro atoms. The second-order valence-corrected chi connectivity index (χ2v) is 9.23. The summed E-state index contributed by atoms with van der Waals surface area (Å²) in [6, 6.07) is 13.3. The molecule has 2 heterocycles. The van der Waals surface area contributed by atoms with Gasteiger partial charge in [-0.3, -0.25) is 14.5 Å². The van der Waals surface area contributed by atoms with Gasteiger partial charge in [-0.1, -0.05) is 30.3 Å². The van der Waals surface area contributed by atoms with Gasteiger partial charge in [-0.2, -0.15) is 13.2 Å². The summed E-state index contributed by atoms with van der Waals surface area (Å²) >= 11 is 1.12. The number of carbonyl (C=O) groups excluding carboxylic acids is 2. The number of likely N-dealkylation sites (tertiary alicyclic amines) is 1. The SMILES string of the molecule is O=C(CC1Sc2ccc(C(F)(F)F)cc2NC1=O)NCC(c1ccccc1)N1CCCC1. The minimum absolute atomic E-state index is 0.0432. The van der Waals surface area contributed by atoms with E-state index in [9.17, 15) is 22.8 Å². The summed E-state index contributed by atoms with van der Waals surface area (Å²) in [5.74, 6) is -0.718. The first-order valence-electron chi connectivity index (χ1n) is 10.6. The first-order chi connectivity index (χ1) is 15.3. The molecule has 5 nitrogen and oxygen atoms in total. The Morgan fingerprint density at radius 3 is 2.56 bits per heavy atom. The minimum Gasteiger partial charge on any atom is -0.354 e. The number of nitrogens with one attached hydrogen (secondary N) is 2. The van der Waals surface area contributed by atoms with E-state index in [4.69, 9.17) is 0 Å². The second-order valence-electron chi connectivity index (χ2n) is 7.98. The summed E-state index contributed by atoms with van der Waals surface area (Å²) in [7, 11) is 0. The van der Waals surface area contributed by atoms with Crippen LogP contribution in [0.25, 0.3) is 0 Å². The predicted octanol–water partition coefficient (Wildman–Crippen LogP) is 4.46. The minimum atomic E-state index is -4.48. The van der Waals surface area contributed by atoms with Crippen LogP contribution in [-0.4, -0.2) is 41.6 Å². The standard InChI is InChI=1S/C23H24F3N3O2S/c24-23(25,26)16-8-9-19-17(12-16)28-22(31)20(32-19)13-21(30)27-14-18(29-10-4-5-11-29)15-6-2-1-3-7-15/h1-3,6-9,12,18,20H,4-5,10-11,13-14H2,(H,27,30)(H,28,31). The molecule has 0 saturated carbocycles.